The van der Waals surface area contributed by atoms with E-state index in [1.165, 1.54) is 22.5 Å². The van der Waals surface area contributed by atoms with Crippen molar-refractivity contribution in [3.8, 4) is 11.5 Å². The molecule has 1 N–H and O–H groups in total. The molecule has 0 saturated carbocycles. The molecular formula is C27H25N3O6S. The van der Waals surface area contributed by atoms with Crippen molar-refractivity contribution in [2.75, 3.05) is 25.2 Å². The quantitative estimate of drug-likeness (QED) is 0.520. The van der Waals surface area contributed by atoms with Gasteiger partial charge in [-0.2, -0.15) is 4.31 Å². The third kappa shape index (κ3) is 4.54. The van der Waals surface area contributed by atoms with Gasteiger partial charge in [-0.1, -0.05) is 12.1 Å². The molecule has 1 amide bonds. The molecule has 6 rings (SSSR count). The number of aromatic nitrogens is 1. The van der Waals surface area contributed by atoms with Crippen molar-refractivity contribution >= 4 is 27.7 Å². The van der Waals surface area contributed by atoms with E-state index >= 15 is 0 Å². The maximum absolute atomic E-state index is 13.4. The molecule has 2 atom stereocenters. The number of sulfonamides is 1. The van der Waals surface area contributed by atoms with Crippen LogP contribution in [0.2, 0.25) is 0 Å². The van der Waals surface area contributed by atoms with Crippen molar-refractivity contribution in [3.05, 3.63) is 88.4 Å². The lowest BCUT2D eigenvalue weighted by Gasteiger charge is -2.42. The Morgan fingerprint density at radius 2 is 1.78 bits per heavy atom. The third-order valence-corrected chi connectivity index (χ3v) is 8.88. The van der Waals surface area contributed by atoms with Gasteiger partial charge in [0.05, 0.1) is 4.90 Å². The van der Waals surface area contributed by atoms with Crippen molar-refractivity contribution in [2.45, 2.75) is 23.8 Å². The summed E-state index contributed by atoms with van der Waals surface area (Å²) in [5.41, 5.74) is 2.14. The zero-order valence-corrected chi connectivity index (χ0v) is 20.7. The van der Waals surface area contributed by atoms with Crippen LogP contribution in [0.4, 0.5) is 5.69 Å². The van der Waals surface area contributed by atoms with E-state index < -0.39 is 10.0 Å². The lowest BCUT2D eigenvalue weighted by molar-refractivity contribution is -0.111. The van der Waals surface area contributed by atoms with Gasteiger partial charge in [0.1, 0.15) is 0 Å². The van der Waals surface area contributed by atoms with Gasteiger partial charge in [-0.15, -0.1) is 0 Å². The standard InChI is InChI=1S/C27H25N3O6S/c31-26(11-5-18-4-10-24-25(13-18)36-17-35-24)28-21-6-8-22(9-7-21)37(33,34)29-14-19-12-20(16-29)23-2-1-3-27(32)30(23)15-19/h1-11,13,19-20H,12,14-17H2,(H,28,31)/b11-5+. The van der Waals surface area contributed by atoms with E-state index in [1.54, 1.807) is 47.0 Å². The number of anilines is 1. The number of benzene rings is 2. The number of nitrogens with zero attached hydrogens (tertiary/aromatic N) is 2. The number of amides is 1. The minimum Gasteiger partial charge on any atom is -0.454 e. The van der Waals surface area contributed by atoms with Crippen molar-refractivity contribution in [3.63, 3.8) is 0 Å². The Morgan fingerprint density at radius 3 is 2.62 bits per heavy atom. The molecule has 9 nitrogen and oxygen atoms in total. The van der Waals surface area contributed by atoms with Gasteiger partial charge in [0.25, 0.3) is 5.56 Å². The number of ether oxygens (including phenoxy) is 2. The predicted octanol–water partition coefficient (Wildman–Crippen LogP) is 3.04. The van der Waals surface area contributed by atoms with Crippen LogP contribution < -0.4 is 20.3 Å². The van der Waals surface area contributed by atoms with Crippen LogP contribution in [0.25, 0.3) is 6.08 Å². The Labute approximate surface area is 214 Å². The van der Waals surface area contributed by atoms with E-state index in [4.69, 9.17) is 9.47 Å². The molecule has 0 radical (unpaired) electrons. The molecule has 0 aliphatic carbocycles. The fourth-order valence-electron chi connectivity index (χ4n) is 5.28. The Morgan fingerprint density at radius 1 is 0.973 bits per heavy atom. The monoisotopic (exact) mass is 519 g/mol. The number of piperidine rings is 1. The highest BCUT2D eigenvalue weighted by Crippen LogP contribution is 2.37. The summed E-state index contributed by atoms with van der Waals surface area (Å²) in [5, 5.41) is 2.75. The number of nitrogens with one attached hydrogen (secondary N) is 1. The maximum Gasteiger partial charge on any atom is 0.250 e. The Kier molecular flexibility index (Phi) is 5.85. The number of hydrogen-bond donors (Lipinski definition) is 1. The average molecular weight is 520 g/mol. The van der Waals surface area contributed by atoms with Gasteiger partial charge in [0.15, 0.2) is 11.5 Å². The fourth-order valence-corrected chi connectivity index (χ4v) is 6.84. The van der Waals surface area contributed by atoms with Crippen LogP contribution in [0.5, 0.6) is 11.5 Å². The second-order valence-corrected chi connectivity index (χ2v) is 11.4. The molecule has 10 heteroatoms. The fraction of sp³-hybridized carbons (Fsp3) is 0.259. The van der Waals surface area contributed by atoms with Gasteiger partial charge < -0.3 is 19.4 Å². The van der Waals surface area contributed by atoms with Gasteiger partial charge in [-0.05, 0) is 66.4 Å². The summed E-state index contributed by atoms with van der Waals surface area (Å²) in [4.78, 5) is 24.8. The summed E-state index contributed by atoms with van der Waals surface area (Å²) >= 11 is 0. The predicted molar refractivity (Wildman–Crippen MR) is 137 cm³/mol. The third-order valence-electron chi connectivity index (χ3n) is 7.03. The number of fused-ring (bicyclic) bond motifs is 5. The number of hydrogen-bond acceptors (Lipinski definition) is 6. The second kappa shape index (κ2) is 9.20. The topological polar surface area (TPSA) is 107 Å². The zero-order chi connectivity index (χ0) is 25.6. The molecule has 1 aromatic heterocycles. The normalized spacial score (nSPS) is 20.5. The molecule has 190 valence electrons. The van der Waals surface area contributed by atoms with Crippen LogP contribution in [-0.2, 0) is 21.4 Å². The first kappa shape index (κ1) is 23.5. The van der Waals surface area contributed by atoms with Gasteiger partial charge in [0, 0.05) is 49.1 Å². The second-order valence-electron chi connectivity index (χ2n) is 9.48. The van der Waals surface area contributed by atoms with Gasteiger partial charge in [0.2, 0.25) is 22.7 Å². The Bertz CT molecular complexity index is 1560. The lowest BCUT2D eigenvalue weighted by atomic mass is 9.84. The highest BCUT2D eigenvalue weighted by molar-refractivity contribution is 7.89. The molecule has 3 aliphatic heterocycles. The summed E-state index contributed by atoms with van der Waals surface area (Å²) in [6.07, 6.45) is 3.94. The highest BCUT2D eigenvalue weighted by Gasteiger charge is 2.39. The number of pyridine rings is 1. The summed E-state index contributed by atoms with van der Waals surface area (Å²) in [5.74, 6) is 1.05. The summed E-state index contributed by atoms with van der Waals surface area (Å²) in [6, 6.07) is 16.8. The van der Waals surface area contributed by atoms with E-state index in [0.717, 1.165) is 17.7 Å². The largest absolute Gasteiger partial charge is 0.454 e. The van der Waals surface area contributed by atoms with E-state index in [2.05, 4.69) is 5.32 Å². The van der Waals surface area contributed by atoms with Gasteiger partial charge in [-0.25, -0.2) is 8.42 Å². The van der Waals surface area contributed by atoms with Gasteiger partial charge >= 0.3 is 0 Å². The molecule has 0 spiro atoms. The first-order chi connectivity index (χ1) is 17.9. The molecule has 3 aliphatic rings. The number of carbonyl (C=O) groups is 1. The molecule has 1 fully saturated rings. The molecule has 3 aromatic rings. The first-order valence-electron chi connectivity index (χ1n) is 12.1. The maximum atomic E-state index is 13.4. The van der Waals surface area contributed by atoms with Crippen LogP contribution in [0.1, 0.15) is 23.6 Å². The minimum absolute atomic E-state index is 0.00807. The van der Waals surface area contributed by atoms with E-state index in [0.29, 0.717) is 36.8 Å². The smallest absolute Gasteiger partial charge is 0.250 e. The summed E-state index contributed by atoms with van der Waals surface area (Å²) < 4.78 is 40.7. The molecular weight excluding hydrogens is 494 g/mol. The van der Waals surface area contributed by atoms with Crippen molar-refractivity contribution in [1.82, 2.24) is 8.87 Å². The van der Waals surface area contributed by atoms with Crippen LogP contribution in [0.3, 0.4) is 0 Å². The van der Waals surface area contributed by atoms with E-state index in [1.807, 2.05) is 12.1 Å². The van der Waals surface area contributed by atoms with Crippen molar-refractivity contribution in [2.24, 2.45) is 5.92 Å². The van der Waals surface area contributed by atoms with Gasteiger partial charge in [-0.3, -0.25) is 9.59 Å². The Hall–Kier alpha value is -3.89. The van der Waals surface area contributed by atoms with Crippen LogP contribution in [-0.4, -0.2) is 43.1 Å². The number of carbonyl (C=O) groups excluding carboxylic acids is 1. The first-order valence-corrected chi connectivity index (χ1v) is 13.5. The zero-order valence-electron chi connectivity index (χ0n) is 19.9. The molecule has 2 bridgehead atoms. The number of rotatable bonds is 5. The molecule has 2 unspecified atom stereocenters. The van der Waals surface area contributed by atoms with Crippen molar-refractivity contribution < 1.29 is 22.7 Å². The van der Waals surface area contributed by atoms with Crippen LogP contribution >= 0.6 is 0 Å². The van der Waals surface area contributed by atoms with Crippen LogP contribution in [0, 0.1) is 5.92 Å². The molecule has 4 heterocycles. The molecule has 37 heavy (non-hydrogen) atoms. The van der Waals surface area contributed by atoms with E-state index in [-0.39, 0.29) is 35.0 Å². The molecule has 1 saturated heterocycles. The lowest BCUT2D eigenvalue weighted by Crippen LogP contribution is -2.48. The summed E-state index contributed by atoms with van der Waals surface area (Å²) in [7, 11) is -3.72. The highest BCUT2D eigenvalue weighted by atomic mass is 32.2. The Balaban J connectivity index is 1.12. The average Bonchev–Trinajstić information content (AvgIpc) is 3.36. The SMILES string of the molecule is O=C(/C=C/c1ccc2c(c1)OCO2)Nc1ccc(S(=O)(=O)N2CC3CC(C2)c2cccc(=O)n2C3)cc1. The van der Waals surface area contributed by atoms with E-state index in [9.17, 15) is 18.0 Å². The summed E-state index contributed by atoms with van der Waals surface area (Å²) in [6.45, 7) is 1.43. The van der Waals surface area contributed by atoms with Crippen LogP contribution in [0.15, 0.2) is 76.4 Å². The molecule has 2 aromatic carbocycles. The minimum atomic E-state index is -3.72. The van der Waals surface area contributed by atoms with Crippen molar-refractivity contribution in [1.29, 1.82) is 0 Å².